The van der Waals surface area contributed by atoms with Crippen molar-refractivity contribution in [1.29, 1.82) is 0 Å². The number of likely N-dealkylation sites (tertiary alicyclic amines) is 1. The number of nitrogens with zero attached hydrogens (tertiary/aromatic N) is 3. The average Bonchev–Trinajstić information content (AvgIpc) is 3.58. The zero-order valence-electron chi connectivity index (χ0n) is 20.7. The molecule has 1 aromatic rings. The van der Waals surface area contributed by atoms with Crippen LogP contribution in [-0.4, -0.2) is 85.9 Å². The SMILES string of the molecule is CO[C@@H]1COCC[C@@H]1N[C@@H]1CC[C@](CC(F)F)(C(=O)N2C[C@H]3C[C@H]2CN3c2ccnc(C(F)(F)F)c2)C1. The fourth-order valence-electron chi connectivity index (χ4n) is 6.76. The van der Waals surface area contributed by atoms with Crippen molar-refractivity contribution in [2.24, 2.45) is 5.41 Å². The van der Waals surface area contributed by atoms with Gasteiger partial charge in [0, 0.05) is 63.2 Å². The summed E-state index contributed by atoms with van der Waals surface area (Å²) in [4.78, 5) is 20.8. The topological polar surface area (TPSA) is 66.9 Å². The molecule has 5 rings (SSSR count). The number of pyridine rings is 1. The molecule has 0 radical (unpaired) electrons. The maximum atomic E-state index is 13.8. The number of rotatable bonds is 7. The van der Waals surface area contributed by atoms with E-state index < -0.39 is 30.1 Å². The number of alkyl halides is 5. The zero-order valence-corrected chi connectivity index (χ0v) is 20.7. The number of piperazine rings is 1. The molecule has 206 valence electrons. The van der Waals surface area contributed by atoms with Gasteiger partial charge >= 0.3 is 6.18 Å². The number of amides is 1. The first-order valence-electron chi connectivity index (χ1n) is 12.9. The molecule has 6 atom stereocenters. The Morgan fingerprint density at radius 2 is 2.11 bits per heavy atom. The molecular weight excluding hydrogens is 499 g/mol. The van der Waals surface area contributed by atoms with E-state index in [-0.39, 0.29) is 36.2 Å². The van der Waals surface area contributed by atoms with Crippen LogP contribution < -0.4 is 10.2 Å². The lowest BCUT2D eigenvalue weighted by atomic mass is 9.80. The van der Waals surface area contributed by atoms with Crippen molar-refractivity contribution in [3.05, 3.63) is 24.0 Å². The molecule has 1 aliphatic carbocycles. The molecule has 0 spiro atoms. The van der Waals surface area contributed by atoms with Crippen molar-refractivity contribution >= 4 is 11.6 Å². The monoisotopic (exact) mass is 532 g/mol. The van der Waals surface area contributed by atoms with E-state index in [2.05, 4.69) is 10.3 Å². The molecular formula is C25H33F5N4O3. The smallest absolute Gasteiger partial charge is 0.379 e. The Kier molecular flexibility index (Phi) is 7.36. The maximum absolute atomic E-state index is 13.8. The molecule has 3 aliphatic heterocycles. The largest absolute Gasteiger partial charge is 0.433 e. The van der Waals surface area contributed by atoms with Crippen molar-refractivity contribution in [1.82, 2.24) is 15.2 Å². The lowest BCUT2D eigenvalue weighted by Crippen LogP contribution is -2.54. The molecule has 0 unspecified atom stereocenters. The molecule has 37 heavy (non-hydrogen) atoms. The molecule has 4 fully saturated rings. The number of anilines is 1. The highest BCUT2D eigenvalue weighted by Gasteiger charge is 2.54. The quantitative estimate of drug-likeness (QED) is 0.543. The van der Waals surface area contributed by atoms with Gasteiger partial charge in [0.15, 0.2) is 0 Å². The number of nitrogens with one attached hydrogen (secondary N) is 1. The second-order valence-corrected chi connectivity index (χ2v) is 10.8. The van der Waals surface area contributed by atoms with Gasteiger partial charge in [-0.15, -0.1) is 0 Å². The first-order valence-corrected chi connectivity index (χ1v) is 12.9. The standard InChI is InChI=1S/C25H33F5N4O3/c1-36-20-14-37-7-4-19(20)32-15-2-5-24(10-15,11-22(26)27)23(35)34-13-17-8-18(34)12-33(17)16-3-6-31-21(9-16)25(28,29)30/h3,6,9,15,17-20,22,32H,2,4-5,7-8,10-14H2,1H3/t15-,17-,18+,19+,20-,24+/m1/s1. The highest BCUT2D eigenvalue weighted by Crippen LogP contribution is 2.47. The summed E-state index contributed by atoms with van der Waals surface area (Å²) >= 11 is 0. The van der Waals surface area contributed by atoms with Crippen LogP contribution in [0.3, 0.4) is 0 Å². The summed E-state index contributed by atoms with van der Waals surface area (Å²) in [5, 5.41) is 3.55. The molecule has 0 aromatic carbocycles. The van der Waals surface area contributed by atoms with Gasteiger partial charge in [-0.2, -0.15) is 13.2 Å². The Labute approximate surface area is 212 Å². The van der Waals surface area contributed by atoms with E-state index >= 15 is 0 Å². The van der Waals surface area contributed by atoms with E-state index in [1.807, 2.05) is 4.90 Å². The summed E-state index contributed by atoms with van der Waals surface area (Å²) < 4.78 is 77.9. The number of fused-ring (bicyclic) bond motifs is 2. The van der Waals surface area contributed by atoms with Gasteiger partial charge in [-0.3, -0.25) is 9.78 Å². The number of carbonyl (C=O) groups excluding carboxylic acids is 1. The fourth-order valence-corrected chi connectivity index (χ4v) is 6.76. The highest BCUT2D eigenvalue weighted by atomic mass is 19.4. The number of methoxy groups -OCH3 is 1. The number of aromatic nitrogens is 1. The van der Waals surface area contributed by atoms with Crippen LogP contribution in [0.1, 0.15) is 44.2 Å². The van der Waals surface area contributed by atoms with Gasteiger partial charge in [0.05, 0.1) is 24.2 Å². The van der Waals surface area contributed by atoms with Gasteiger partial charge in [-0.25, -0.2) is 8.78 Å². The third kappa shape index (κ3) is 5.29. The second-order valence-electron chi connectivity index (χ2n) is 10.8. The van der Waals surface area contributed by atoms with E-state index in [4.69, 9.17) is 9.47 Å². The summed E-state index contributed by atoms with van der Waals surface area (Å²) in [5.41, 5.74) is -1.69. The third-order valence-corrected chi connectivity index (χ3v) is 8.53. The molecule has 1 amide bonds. The van der Waals surface area contributed by atoms with E-state index in [1.54, 1.807) is 12.0 Å². The van der Waals surface area contributed by atoms with E-state index in [0.29, 0.717) is 57.7 Å². The Morgan fingerprint density at radius 3 is 2.78 bits per heavy atom. The van der Waals surface area contributed by atoms with Crippen molar-refractivity contribution in [3.8, 4) is 0 Å². The van der Waals surface area contributed by atoms with Crippen molar-refractivity contribution in [2.45, 2.75) is 81.4 Å². The molecule has 4 aliphatic rings. The molecule has 3 saturated heterocycles. The predicted molar refractivity (Wildman–Crippen MR) is 124 cm³/mol. The van der Waals surface area contributed by atoms with Crippen molar-refractivity contribution in [2.75, 3.05) is 38.3 Å². The van der Waals surface area contributed by atoms with Gasteiger partial charge in [-0.1, -0.05) is 0 Å². The normalized spacial score (nSPS) is 34.1. The predicted octanol–water partition coefficient (Wildman–Crippen LogP) is 3.48. The van der Waals surface area contributed by atoms with Crippen LogP contribution >= 0.6 is 0 Å². The number of carbonyl (C=O) groups is 1. The van der Waals surface area contributed by atoms with Gasteiger partial charge in [0.1, 0.15) is 5.69 Å². The van der Waals surface area contributed by atoms with Crippen LogP contribution in [0.25, 0.3) is 0 Å². The summed E-state index contributed by atoms with van der Waals surface area (Å²) in [5.74, 6) is -0.245. The fraction of sp³-hybridized carbons (Fsp3) is 0.760. The van der Waals surface area contributed by atoms with Gasteiger partial charge in [0.25, 0.3) is 0 Å². The minimum Gasteiger partial charge on any atom is -0.379 e. The summed E-state index contributed by atoms with van der Waals surface area (Å²) in [6.07, 6.45) is -3.91. The van der Waals surface area contributed by atoms with E-state index in [0.717, 1.165) is 18.7 Å². The first-order chi connectivity index (χ1) is 17.6. The summed E-state index contributed by atoms with van der Waals surface area (Å²) in [7, 11) is 1.62. The Balaban J connectivity index is 1.27. The average molecular weight is 533 g/mol. The highest BCUT2D eigenvalue weighted by molar-refractivity contribution is 5.84. The van der Waals surface area contributed by atoms with E-state index in [9.17, 15) is 26.7 Å². The lowest BCUT2D eigenvalue weighted by molar-refractivity contribution is -0.146. The van der Waals surface area contributed by atoms with Crippen LogP contribution in [0.15, 0.2) is 18.3 Å². The van der Waals surface area contributed by atoms with Crippen molar-refractivity contribution < 1.29 is 36.2 Å². The summed E-state index contributed by atoms with van der Waals surface area (Å²) in [6.45, 7) is 1.77. The number of ether oxygens (including phenoxy) is 2. The lowest BCUT2D eigenvalue weighted by Gasteiger charge is -2.40. The summed E-state index contributed by atoms with van der Waals surface area (Å²) in [6, 6.07) is 2.17. The minimum atomic E-state index is -4.54. The minimum absolute atomic E-state index is 0.0412. The van der Waals surface area contributed by atoms with E-state index in [1.165, 1.54) is 6.07 Å². The Hall–Kier alpha value is -2.05. The van der Waals surface area contributed by atoms with Gasteiger partial charge < -0.3 is 24.6 Å². The number of hydrogen-bond donors (Lipinski definition) is 1. The Bertz CT molecular complexity index is 982. The second kappa shape index (κ2) is 10.3. The van der Waals surface area contributed by atoms with Gasteiger partial charge in [-0.05, 0) is 44.2 Å². The Morgan fingerprint density at radius 1 is 1.30 bits per heavy atom. The van der Waals surface area contributed by atoms with Crippen LogP contribution in [0.5, 0.6) is 0 Å². The molecule has 1 saturated carbocycles. The van der Waals surface area contributed by atoms with Crippen molar-refractivity contribution in [3.63, 3.8) is 0 Å². The molecule has 1 aromatic heterocycles. The van der Waals surface area contributed by atoms with Crippen LogP contribution in [0, 0.1) is 5.41 Å². The number of halogens is 5. The molecule has 4 heterocycles. The molecule has 1 N–H and O–H groups in total. The van der Waals surface area contributed by atoms with Crippen LogP contribution in [0.2, 0.25) is 0 Å². The third-order valence-electron chi connectivity index (χ3n) is 8.53. The zero-order chi connectivity index (χ0) is 26.4. The van der Waals surface area contributed by atoms with Gasteiger partial charge in [0.2, 0.25) is 12.3 Å². The van der Waals surface area contributed by atoms with Crippen LogP contribution in [0.4, 0.5) is 27.6 Å². The first kappa shape index (κ1) is 26.6. The number of hydrogen-bond acceptors (Lipinski definition) is 6. The van der Waals surface area contributed by atoms with Crippen LogP contribution in [-0.2, 0) is 20.4 Å². The molecule has 7 nitrogen and oxygen atoms in total. The molecule has 2 bridgehead atoms. The maximum Gasteiger partial charge on any atom is 0.433 e. The molecule has 12 heteroatoms.